The van der Waals surface area contributed by atoms with Gasteiger partial charge < -0.3 is 14.9 Å². The highest BCUT2D eigenvalue weighted by Crippen LogP contribution is 2.18. The molecule has 1 aromatic heterocycles. The molecule has 7 nitrogen and oxygen atoms in total. The van der Waals surface area contributed by atoms with E-state index in [1.807, 2.05) is 4.90 Å². The van der Waals surface area contributed by atoms with Crippen LogP contribution < -0.4 is 5.32 Å². The molecule has 1 aromatic rings. The van der Waals surface area contributed by atoms with E-state index in [1.165, 1.54) is 0 Å². The molecule has 1 fully saturated rings. The Morgan fingerprint density at radius 1 is 1.61 bits per heavy atom. The number of nitrogens with zero attached hydrogens (tertiary/aromatic N) is 2. The monoisotopic (exact) mass is 253 g/mol. The molecule has 2 rings (SSSR count). The van der Waals surface area contributed by atoms with Crippen molar-refractivity contribution in [2.24, 2.45) is 5.92 Å². The van der Waals surface area contributed by atoms with Crippen LogP contribution >= 0.6 is 0 Å². The Labute approximate surface area is 104 Å². The van der Waals surface area contributed by atoms with Gasteiger partial charge in [0.1, 0.15) is 5.76 Å². The first-order valence-corrected chi connectivity index (χ1v) is 5.70. The van der Waals surface area contributed by atoms with Gasteiger partial charge >= 0.3 is 5.97 Å². The van der Waals surface area contributed by atoms with Crippen molar-refractivity contribution in [3.63, 3.8) is 0 Å². The number of carboxylic acids is 1. The van der Waals surface area contributed by atoms with Crippen molar-refractivity contribution in [1.29, 1.82) is 0 Å². The predicted octanol–water partition coefficient (Wildman–Crippen LogP) is 0.328. The number of amides is 1. The number of aromatic nitrogens is 1. The normalized spacial score (nSPS) is 16.3. The van der Waals surface area contributed by atoms with Gasteiger partial charge in [-0.3, -0.25) is 14.5 Å². The second-order valence-electron chi connectivity index (χ2n) is 4.53. The summed E-state index contributed by atoms with van der Waals surface area (Å²) in [5.41, 5.74) is 0. The minimum absolute atomic E-state index is 0.157. The van der Waals surface area contributed by atoms with E-state index >= 15 is 0 Å². The van der Waals surface area contributed by atoms with Gasteiger partial charge in [0.15, 0.2) is 5.82 Å². The summed E-state index contributed by atoms with van der Waals surface area (Å²) >= 11 is 0. The summed E-state index contributed by atoms with van der Waals surface area (Å²) < 4.78 is 4.83. The van der Waals surface area contributed by atoms with Gasteiger partial charge in [0.05, 0.1) is 13.0 Å². The van der Waals surface area contributed by atoms with Gasteiger partial charge in [-0.25, -0.2) is 0 Å². The van der Waals surface area contributed by atoms with Crippen molar-refractivity contribution in [3.8, 4) is 0 Å². The van der Waals surface area contributed by atoms with E-state index in [9.17, 15) is 9.59 Å². The lowest BCUT2D eigenvalue weighted by atomic mass is 9.96. The fourth-order valence-corrected chi connectivity index (χ4v) is 1.99. The Kier molecular flexibility index (Phi) is 3.61. The summed E-state index contributed by atoms with van der Waals surface area (Å²) in [6.45, 7) is 3.30. The number of carbonyl (C=O) groups is 2. The Morgan fingerprint density at radius 2 is 2.33 bits per heavy atom. The van der Waals surface area contributed by atoms with Gasteiger partial charge in [-0.15, -0.1) is 0 Å². The lowest BCUT2D eigenvalue weighted by Crippen LogP contribution is -2.50. The number of aryl methyl sites for hydroxylation is 1. The third kappa shape index (κ3) is 3.30. The third-order valence-electron chi connectivity index (χ3n) is 2.76. The SMILES string of the molecule is Cc1cc(NC(=O)CN2CC(CC(=O)O)C2)no1. The molecule has 1 aliphatic rings. The van der Waals surface area contributed by atoms with Crippen LogP contribution in [-0.4, -0.2) is 46.7 Å². The summed E-state index contributed by atoms with van der Waals surface area (Å²) in [5.74, 6) is 0.236. The van der Waals surface area contributed by atoms with E-state index < -0.39 is 5.97 Å². The summed E-state index contributed by atoms with van der Waals surface area (Å²) in [6.07, 6.45) is 0.167. The highest BCUT2D eigenvalue weighted by atomic mass is 16.5. The zero-order valence-corrected chi connectivity index (χ0v) is 10.0. The minimum atomic E-state index is -0.790. The predicted molar refractivity (Wildman–Crippen MR) is 62.1 cm³/mol. The van der Waals surface area contributed by atoms with Gasteiger partial charge in [-0.2, -0.15) is 0 Å². The van der Waals surface area contributed by atoms with E-state index in [2.05, 4.69) is 10.5 Å². The van der Waals surface area contributed by atoms with Crippen LogP contribution in [0.1, 0.15) is 12.2 Å². The number of carbonyl (C=O) groups excluding carboxylic acids is 1. The second-order valence-corrected chi connectivity index (χ2v) is 4.53. The van der Waals surface area contributed by atoms with Gasteiger partial charge in [0, 0.05) is 19.2 Å². The smallest absolute Gasteiger partial charge is 0.303 e. The van der Waals surface area contributed by atoms with Crippen molar-refractivity contribution in [1.82, 2.24) is 10.1 Å². The number of hydrogen-bond donors (Lipinski definition) is 2. The quantitative estimate of drug-likeness (QED) is 0.785. The number of nitrogens with one attached hydrogen (secondary N) is 1. The zero-order valence-electron chi connectivity index (χ0n) is 10.0. The van der Waals surface area contributed by atoms with Crippen LogP contribution in [-0.2, 0) is 9.59 Å². The molecule has 0 aromatic carbocycles. The molecular weight excluding hydrogens is 238 g/mol. The van der Waals surface area contributed by atoms with Crippen LogP contribution in [0.5, 0.6) is 0 Å². The van der Waals surface area contributed by atoms with E-state index in [0.29, 0.717) is 24.7 Å². The molecule has 0 atom stereocenters. The van der Waals surface area contributed by atoms with Crippen molar-refractivity contribution in [2.45, 2.75) is 13.3 Å². The molecular formula is C11H15N3O4. The largest absolute Gasteiger partial charge is 0.481 e. The maximum Gasteiger partial charge on any atom is 0.303 e. The Balaban J connectivity index is 1.69. The number of aliphatic carboxylic acids is 1. The fourth-order valence-electron chi connectivity index (χ4n) is 1.99. The molecule has 1 aliphatic heterocycles. The first kappa shape index (κ1) is 12.6. The summed E-state index contributed by atoms with van der Waals surface area (Å²) in [7, 11) is 0. The summed E-state index contributed by atoms with van der Waals surface area (Å²) in [6, 6.07) is 1.64. The number of rotatable bonds is 5. The maximum atomic E-state index is 11.6. The molecule has 2 heterocycles. The van der Waals surface area contributed by atoms with Crippen LogP contribution in [0.3, 0.4) is 0 Å². The molecule has 0 radical (unpaired) electrons. The van der Waals surface area contributed by atoms with Crippen LogP contribution in [0.2, 0.25) is 0 Å². The summed E-state index contributed by atoms with van der Waals surface area (Å²) in [5, 5.41) is 14.9. The number of hydrogen-bond acceptors (Lipinski definition) is 5. The maximum absolute atomic E-state index is 11.6. The van der Waals surface area contributed by atoms with Gasteiger partial charge in [0.2, 0.25) is 5.91 Å². The van der Waals surface area contributed by atoms with E-state index in [-0.39, 0.29) is 24.8 Å². The van der Waals surface area contributed by atoms with Crippen molar-refractivity contribution in [3.05, 3.63) is 11.8 Å². The second kappa shape index (κ2) is 5.18. The van der Waals surface area contributed by atoms with Crippen molar-refractivity contribution >= 4 is 17.7 Å². The van der Waals surface area contributed by atoms with Gasteiger partial charge in [-0.05, 0) is 12.8 Å². The lowest BCUT2D eigenvalue weighted by Gasteiger charge is -2.37. The molecule has 0 bridgehead atoms. The molecule has 0 saturated carbocycles. The Hall–Kier alpha value is -1.89. The molecule has 1 saturated heterocycles. The zero-order chi connectivity index (χ0) is 13.1. The number of likely N-dealkylation sites (tertiary alicyclic amines) is 1. The lowest BCUT2D eigenvalue weighted by molar-refractivity contribution is -0.139. The van der Waals surface area contributed by atoms with E-state index in [0.717, 1.165) is 0 Å². The standard InChI is InChI=1S/C11H15N3O4/c1-7-2-9(13-18-7)12-10(15)6-14-4-8(5-14)3-11(16)17/h2,8H,3-6H2,1H3,(H,16,17)(H,12,13,15). The molecule has 2 N–H and O–H groups in total. The average molecular weight is 253 g/mol. The van der Waals surface area contributed by atoms with Crippen LogP contribution in [0.25, 0.3) is 0 Å². The van der Waals surface area contributed by atoms with Gasteiger partial charge in [-0.1, -0.05) is 5.16 Å². The van der Waals surface area contributed by atoms with E-state index in [4.69, 9.17) is 9.63 Å². The molecule has 0 unspecified atom stereocenters. The highest BCUT2D eigenvalue weighted by molar-refractivity contribution is 5.91. The number of anilines is 1. The van der Waals surface area contributed by atoms with Crippen molar-refractivity contribution in [2.75, 3.05) is 25.0 Å². The Morgan fingerprint density at radius 3 is 2.89 bits per heavy atom. The van der Waals surface area contributed by atoms with Crippen LogP contribution in [0.4, 0.5) is 5.82 Å². The topological polar surface area (TPSA) is 95.7 Å². The van der Waals surface area contributed by atoms with Crippen molar-refractivity contribution < 1.29 is 19.2 Å². The fraction of sp³-hybridized carbons (Fsp3) is 0.545. The molecule has 18 heavy (non-hydrogen) atoms. The average Bonchev–Trinajstić information content (AvgIpc) is 2.60. The van der Waals surface area contributed by atoms with Gasteiger partial charge in [0.25, 0.3) is 0 Å². The molecule has 0 aliphatic carbocycles. The molecule has 0 spiro atoms. The van der Waals surface area contributed by atoms with Crippen LogP contribution in [0.15, 0.2) is 10.6 Å². The minimum Gasteiger partial charge on any atom is -0.481 e. The number of carboxylic acid groups (broad SMARTS) is 1. The molecule has 98 valence electrons. The molecule has 7 heteroatoms. The third-order valence-corrected chi connectivity index (χ3v) is 2.76. The summed E-state index contributed by atoms with van der Waals surface area (Å²) in [4.78, 5) is 24.0. The van der Waals surface area contributed by atoms with E-state index in [1.54, 1.807) is 13.0 Å². The first-order valence-electron chi connectivity index (χ1n) is 5.70. The van der Waals surface area contributed by atoms with Crippen LogP contribution in [0, 0.1) is 12.8 Å². The highest BCUT2D eigenvalue weighted by Gasteiger charge is 2.29. The molecule has 1 amide bonds. The first-order chi connectivity index (χ1) is 8.52. The Bertz CT molecular complexity index is 451.